The van der Waals surface area contributed by atoms with E-state index in [1.807, 2.05) is 50.3 Å². The molecule has 0 saturated heterocycles. The zero-order valence-corrected chi connectivity index (χ0v) is 13.4. The summed E-state index contributed by atoms with van der Waals surface area (Å²) in [5, 5.41) is 3.08. The van der Waals surface area contributed by atoms with E-state index >= 15 is 0 Å². The topological polar surface area (TPSA) is 35.6 Å². The summed E-state index contributed by atoms with van der Waals surface area (Å²) in [7, 11) is 5.71. The van der Waals surface area contributed by atoms with Crippen LogP contribution in [0.25, 0.3) is 0 Å². The van der Waals surface area contributed by atoms with Crippen molar-refractivity contribution in [1.29, 1.82) is 0 Å². The maximum absolute atomic E-state index is 12.1. The molecular formula is C14H22BrN3O. The van der Waals surface area contributed by atoms with E-state index in [0.29, 0.717) is 13.1 Å². The summed E-state index contributed by atoms with van der Waals surface area (Å²) < 4.78 is 1.04. The van der Waals surface area contributed by atoms with E-state index in [0.717, 1.165) is 23.1 Å². The Kier molecular flexibility index (Phi) is 7.05. The monoisotopic (exact) mass is 327 g/mol. The normalized spacial score (nSPS) is 10.8. The summed E-state index contributed by atoms with van der Waals surface area (Å²) in [6.07, 6.45) is 0. The minimum Gasteiger partial charge on any atom is -0.340 e. The molecule has 0 bridgehead atoms. The summed E-state index contributed by atoms with van der Waals surface area (Å²) >= 11 is 3.50. The highest BCUT2D eigenvalue weighted by molar-refractivity contribution is 9.10. The minimum atomic E-state index is 0.134. The first-order valence-corrected chi connectivity index (χ1v) is 7.14. The van der Waals surface area contributed by atoms with E-state index in [-0.39, 0.29) is 5.91 Å². The zero-order valence-electron chi connectivity index (χ0n) is 11.8. The Labute approximate surface area is 123 Å². The number of amides is 1. The molecule has 0 radical (unpaired) electrons. The maximum atomic E-state index is 12.1. The molecule has 1 amide bonds. The molecule has 1 N–H and O–H groups in total. The van der Waals surface area contributed by atoms with Gasteiger partial charge in [0.15, 0.2) is 0 Å². The van der Waals surface area contributed by atoms with Gasteiger partial charge < -0.3 is 10.2 Å². The summed E-state index contributed by atoms with van der Waals surface area (Å²) in [4.78, 5) is 15.9. The second-order valence-electron chi connectivity index (χ2n) is 4.68. The van der Waals surface area contributed by atoms with Crippen LogP contribution in [-0.2, 0) is 11.3 Å². The van der Waals surface area contributed by atoms with E-state index in [4.69, 9.17) is 0 Å². The van der Waals surface area contributed by atoms with Crippen molar-refractivity contribution in [3.05, 3.63) is 34.3 Å². The molecule has 0 atom stereocenters. The Bertz CT molecular complexity index is 411. The SMILES string of the molecule is CNCCN(C)CC(=O)N(C)Cc1ccccc1Br. The van der Waals surface area contributed by atoms with Crippen molar-refractivity contribution < 1.29 is 4.79 Å². The highest BCUT2D eigenvalue weighted by Gasteiger charge is 2.12. The van der Waals surface area contributed by atoms with Gasteiger partial charge in [-0.05, 0) is 25.7 Å². The number of nitrogens with zero attached hydrogens (tertiary/aromatic N) is 2. The minimum absolute atomic E-state index is 0.134. The van der Waals surface area contributed by atoms with Gasteiger partial charge in [0, 0.05) is 31.2 Å². The molecule has 0 saturated carbocycles. The third kappa shape index (κ3) is 5.72. The van der Waals surface area contributed by atoms with E-state index in [1.54, 1.807) is 4.90 Å². The molecule has 1 aromatic carbocycles. The van der Waals surface area contributed by atoms with Crippen LogP contribution in [0.4, 0.5) is 0 Å². The highest BCUT2D eigenvalue weighted by Crippen LogP contribution is 2.17. The molecule has 0 aliphatic heterocycles. The summed E-state index contributed by atoms with van der Waals surface area (Å²) in [5.74, 6) is 0.134. The van der Waals surface area contributed by atoms with Crippen LogP contribution in [0.2, 0.25) is 0 Å². The first-order valence-electron chi connectivity index (χ1n) is 6.35. The molecular weight excluding hydrogens is 306 g/mol. The van der Waals surface area contributed by atoms with Crippen LogP contribution in [0, 0.1) is 0 Å². The lowest BCUT2D eigenvalue weighted by atomic mass is 10.2. The van der Waals surface area contributed by atoms with E-state index in [9.17, 15) is 4.79 Å². The fourth-order valence-electron chi connectivity index (χ4n) is 1.70. The molecule has 0 aromatic heterocycles. The Morgan fingerprint density at radius 3 is 2.63 bits per heavy atom. The average molecular weight is 328 g/mol. The lowest BCUT2D eigenvalue weighted by molar-refractivity contribution is -0.131. The van der Waals surface area contributed by atoms with E-state index < -0.39 is 0 Å². The van der Waals surface area contributed by atoms with Crippen LogP contribution in [0.3, 0.4) is 0 Å². The van der Waals surface area contributed by atoms with E-state index in [1.165, 1.54) is 0 Å². The third-order valence-corrected chi connectivity index (χ3v) is 3.71. The van der Waals surface area contributed by atoms with Gasteiger partial charge in [-0.2, -0.15) is 0 Å². The van der Waals surface area contributed by atoms with Crippen LogP contribution in [0.1, 0.15) is 5.56 Å². The summed E-state index contributed by atoms with van der Waals surface area (Å²) in [6.45, 7) is 2.82. The molecule has 5 heteroatoms. The number of benzene rings is 1. The molecule has 0 aliphatic rings. The molecule has 0 fully saturated rings. The molecule has 0 spiro atoms. The zero-order chi connectivity index (χ0) is 14.3. The van der Waals surface area contributed by atoms with Crippen LogP contribution in [0.15, 0.2) is 28.7 Å². The van der Waals surface area contributed by atoms with Gasteiger partial charge in [-0.25, -0.2) is 0 Å². The van der Waals surface area contributed by atoms with E-state index in [2.05, 4.69) is 21.2 Å². The lowest BCUT2D eigenvalue weighted by Gasteiger charge is -2.22. The molecule has 0 unspecified atom stereocenters. The first kappa shape index (κ1) is 16.1. The number of carbonyl (C=O) groups is 1. The second kappa shape index (κ2) is 8.30. The number of carbonyl (C=O) groups excluding carboxylic acids is 1. The number of likely N-dealkylation sites (N-methyl/N-ethyl adjacent to an activating group) is 3. The van der Waals surface area contributed by atoms with Crippen molar-refractivity contribution in [2.75, 3.05) is 40.8 Å². The van der Waals surface area contributed by atoms with Crippen LogP contribution in [0.5, 0.6) is 0 Å². The molecule has 1 rings (SSSR count). The number of hydrogen-bond acceptors (Lipinski definition) is 3. The largest absolute Gasteiger partial charge is 0.340 e. The second-order valence-corrected chi connectivity index (χ2v) is 5.54. The Balaban J connectivity index is 2.47. The quantitative estimate of drug-likeness (QED) is 0.825. The highest BCUT2D eigenvalue weighted by atomic mass is 79.9. The summed E-state index contributed by atoms with van der Waals surface area (Å²) in [5.41, 5.74) is 1.12. The van der Waals surface area contributed by atoms with Crippen molar-refractivity contribution in [3.8, 4) is 0 Å². The summed E-state index contributed by atoms with van der Waals surface area (Å²) in [6, 6.07) is 7.98. The van der Waals surface area contributed by atoms with Gasteiger partial charge in [0.1, 0.15) is 0 Å². The molecule has 0 aliphatic carbocycles. The first-order chi connectivity index (χ1) is 9.04. The molecule has 0 heterocycles. The standard InChI is InChI=1S/C14H22BrN3O/c1-16-8-9-17(2)11-14(19)18(3)10-12-6-4-5-7-13(12)15/h4-7,16H,8-11H2,1-3H3. The van der Waals surface area contributed by atoms with Gasteiger partial charge in [0.05, 0.1) is 6.54 Å². The van der Waals surface area contributed by atoms with Gasteiger partial charge in [-0.1, -0.05) is 34.1 Å². The predicted molar refractivity (Wildman–Crippen MR) is 82.0 cm³/mol. The fourth-order valence-corrected chi connectivity index (χ4v) is 2.11. The molecule has 4 nitrogen and oxygen atoms in total. The molecule has 1 aromatic rings. The Morgan fingerprint density at radius 1 is 1.32 bits per heavy atom. The van der Waals surface area contributed by atoms with Gasteiger partial charge >= 0.3 is 0 Å². The molecule has 19 heavy (non-hydrogen) atoms. The number of halogens is 1. The lowest BCUT2D eigenvalue weighted by Crippen LogP contribution is -2.38. The van der Waals surface area contributed by atoms with Gasteiger partial charge in [-0.3, -0.25) is 9.69 Å². The van der Waals surface area contributed by atoms with Crippen molar-refractivity contribution in [1.82, 2.24) is 15.1 Å². The van der Waals surface area contributed by atoms with Gasteiger partial charge in [0.25, 0.3) is 0 Å². The van der Waals surface area contributed by atoms with Gasteiger partial charge in [0.2, 0.25) is 5.91 Å². The van der Waals surface area contributed by atoms with Crippen molar-refractivity contribution in [3.63, 3.8) is 0 Å². The van der Waals surface area contributed by atoms with Crippen molar-refractivity contribution in [2.45, 2.75) is 6.54 Å². The van der Waals surface area contributed by atoms with Crippen LogP contribution >= 0.6 is 15.9 Å². The Morgan fingerprint density at radius 2 is 2.00 bits per heavy atom. The number of nitrogens with one attached hydrogen (secondary N) is 1. The van der Waals surface area contributed by atoms with Crippen LogP contribution in [-0.4, -0.2) is 56.5 Å². The van der Waals surface area contributed by atoms with Crippen LogP contribution < -0.4 is 5.32 Å². The van der Waals surface area contributed by atoms with Crippen molar-refractivity contribution in [2.24, 2.45) is 0 Å². The van der Waals surface area contributed by atoms with Crippen molar-refractivity contribution >= 4 is 21.8 Å². The number of rotatable bonds is 7. The number of hydrogen-bond donors (Lipinski definition) is 1. The fraction of sp³-hybridized carbons (Fsp3) is 0.500. The van der Waals surface area contributed by atoms with Gasteiger partial charge in [-0.15, -0.1) is 0 Å². The predicted octanol–water partition coefficient (Wildman–Crippen LogP) is 1.56. The Hall–Kier alpha value is -0.910. The third-order valence-electron chi connectivity index (χ3n) is 2.94. The average Bonchev–Trinajstić information content (AvgIpc) is 2.38. The molecule has 106 valence electrons. The smallest absolute Gasteiger partial charge is 0.236 e. The maximum Gasteiger partial charge on any atom is 0.236 e.